The van der Waals surface area contributed by atoms with Gasteiger partial charge in [0, 0.05) is 30.2 Å². The van der Waals surface area contributed by atoms with Crippen molar-refractivity contribution in [2.75, 3.05) is 20.1 Å². The van der Waals surface area contributed by atoms with E-state index in [1.807, 2.05) is 32.0 Å². The van der Waals surface area contributed by atoms with Crippen molar-refractivity contribution >= 4 is 27.7 Å². The molecular weight excluding hydrogens is 320 g/mol. The van der Waals surface area contributed by atoms with Crippen molar-refractivity contribution in [1.29, 1.82) is 0 Å². The smallest absolute Gasteiger partial charge is 0.254 e. The van der Waals surface area contributed by atoms with Crippen LogP contribution in [0.15, 0.2) is 22.7 Å². The summed E-state index contributed by atoms with van der Waals surface area (Å²) < 4.78 is 0.889. The average molecular weight is 339 g/mol. The molecule has 1 fully saturated rings. The Morgan fingerprint density at radius 3 is 2.75 bits per heavy atom. The summed E-state index contributed by atoms with van der Waals surface area (Å²) in [6, 6.07) is 5.68. The first-order valence-electron chi connectivity index (χ1n) is 6.65. The molecule has 1 heterocycles. The largest absolute Gasteiger partial charge is 0.359 e. The van der Waals surface area contributed by atoms with Crippen LogP contribution >= 0.6 is 15.9 Å². The number of carbonyl (C=O) groups excluding carboxylic acids is 2. The minimum absolute atomic E-state index is 0.00114. The van der Waals surface area contributed by atoms with Gasteiger partial charge in [-0.05, 0) is 38.0 Å². The number of hydrogen-bond donors (Lipinski definition) is 1. The highest BCUT2D eigenvalue weighted by atomic mass is 79.9. The minimum Gasteiger partial charge on any atom is -0.359 e. The lowest BCUT2D eigenvalue weighted by Gasteiger charge is -2.23. The number of halogens is 1. The summed E-state index contributed by atoms with van der Waals surface area (Å²) in [6.45, 7) is 4.92. The van der Waals surface area contributed by atoms with Crippen molar-refractivity contribution in [3.63, 3.8) is 0 Å². The van der Waals surface area contributed by atoms with Crippen molar-refractivity contribution in [2.45, 2.75) is 20.3 Å². The van der Waals surface area contributed by atoms with E-state index in [0.717, 1.165) is 10.0 Å². The zero-order valence-electron chi connectivity index (χ0n) is 12.0. The van der Waals surface area contributed by atoms with E-state index in [4.69, 9.17) is 0 Å². The van der Waals surface area contributed by atoms with Crippen LogP contribution in [0.3, 0.4) is 0 Å². The van der Waals surface area contributed by atoms with Gasteiger partial charge in [0.15, 0.2) is 0 Å². The molecule has 0 radical (unpaired) electrons. The summed E-state index contributed by atoms with van der Waals surface area (Å²) in [5, 5.41) is 2.68. The van der Waals surface area contributed by atoms with Crippen molar-refractivity contribution in [3.05, 3.63) is 33.8 Å². The van der Waals surface area contributed by atoms with Gasteiger partial charge in [-0.1, -0.05) is 22.0 Å². The van der Waals surface area contributed by atoms with Gasteiger partial charge in [-0.2, -0.15) is 0 Å². The average Bonchev–Trinajstić information content (AvgIpc) is 2.83. The first-order valence-corrected chi connectivity index (χ1v) is 7.44. The molecule has 2 rings (SSSR count). The van der Waals surface area contributed by atoms with Crippen LogP contribution in [0.1, 0.15) is 29.3 Å². The summed E-state index contributed by atoms with van der Waals surface area (Å²) in [6.07, 6.45) is 0.700. The Kier molecular flexibility index (Phi) is 4.18. The van der Waals surface area contributed by atoms with Crippen molar-refractivity contribution in [3.8, 4) is 0 Å². The van der Waals surface area contributed by atoms with E-state index in [2.05, 4.69) is 21.2 Å². The maximum absolute atomic E-state index is 12.6. The number of carbonyl (C=O) groups is 2. The summed E-state index contributed by atoms with van der Waals surface area (Å²) in [7, 11) is 1.64. The van der Waals surface area contributed by atoms with Gasteiger partial charge >= 0.3 is 0 Å². The van der Waals surface area contributed by atoms with Crippen LogP contribution in [-0.4, -0.2) is 36.9 Å². The number of benzene rings is 1. The van der Waals surface area contributed by atoms with Gasteiger partial charge in [-0.25, -0.2) is 0 Å². The van der Waals surface area contributed by atoms with Gasteiger partial charge in [0.25, 0.3) is 5.91 Å². The first-order chi connectivity index (χ1) is 9.37. The lowest BCUT2D eigenvalue weighted by Crippen LogP contribution is -2.40. The number of nitrogens with one attached hydrogen (secondary N) is 1. The van der Waals surface area contributed by atoms with Gasteiger partial charge in [0.1, 0.15) is 0 Å². The van der Waals surface area contributed by atoms with Gasteiger partial charge in [0.2, 0.25) is 5.91 Å². The predicted molar refractivity (Wildman–Crippen MR) is 81.6 cm³/mol. The van der Waals surface area contributed by atoms with Crippen LogP contribution in [-0.2, 0) is 4.79 Å². The van der Waals surface area contributed by atoms with E-state index < -0.39 is 5.41 Å². The lowest BCUT2D eigenvalue weighted by atomic mass is 9.89. The third kappa shape index (κ3) is 2.73. The third-order valence-corrected chi connectivity index (χ3v) is 4.46. The molecule has 1 aromatic rings. The molecular formula is C15H19BrN2O2. The second kappa shape index (κ2) is 5.56. The number of likely N-dealkylation sites (tertiary alicyclic amines) is 1. The van der Waals surface area contributed by atoms with Gasteiger partial charge in [0.05, 0.1) is 5.41 Å². The molecule has 0 aromatic heterocycles. The predicted octanol–water partition coefficient (Wildman–Crippen LogP) is 2.36. The Labute approximate surface area is 127 Å². The van der Waals surface area contributed by atoms with Crippen molar-refractivity contribution in [2.24, 2.45) is 5.41 Å². The Morgan fingerprint density at radius 1 is 1.40 bits per heavy atom. The van der Waals surface area contributed by atoms with Crippen LogP contribution < -0.4 is 5.32 Å². The van der Waals surface area contributed by atoms with E-state index in [1.54, 1.807) is 11.9 Å². The Balaban J connectivity index is 2.20. The molecule has 2 amide bonds. The maximum atomic E-state index is 12.6. The topological polar surface area (TPSA) is 49.4 Å². The summed E-state index contributed by atoms with van der Waals surface area (Å²) in [5.74, 6) is -0.00445. The lowest BCUT2D eigenvalue weighted by molar-refractivity contribution is -0.128. The monoisotopic (exact) mass is 338 g/mol. The van der Waals surface area contributed by atoms with Gasteiger partial charge in [-0.15, -0.1) is 0 Å². The van der Waals surface area contributed by atoms with Gasteiger partial charge in [-0.3, -0.25) is 9.59 Å². The Bertz CT molecular complexity index is 559. The fourth-order valence-electron chi connectivity index (χ4n) is 2.62. The zero-order valence-corrected chi connectivity index (χ0v) is 13.6. The standard InChI is InChI=1S/C15H19BrN2O2/c1-10-4-5-11(16)8-12(10)13(19)18-7-6-15(2,9-18)14(20)17-3/h4-5,8H,6-7,9H2,1-3H3,(H,17,20). The number of hydrogen-bond acceptors (Lipinski definition) is 2. The molecule has 0 aliphatic carbocycles. The molecule has 1 saturated heterocycles. The second-order valence-corrected chi connectivity index (χ2v) is 6.49. The first kappa shape index (κ1) is 15.0. The van der Waals surface area contributed by atoms with Crippen LogP contribution in [0.5, 0.6) is 0 Å². The Morgan fingerprint density at radius 2 is 2.10 bits per heavy atom. The molecule has 108 valence electrons. The molecule has 1 aromatic carbocycles. The summed E-state index contributed by atoms with van der Waals surface area (Å²) in [4.78, 5) is 26.3. The quantitative estimate of drug-likeness (QED) is 0.899. The van der Waals surface area contributed by atoms with Crippen molar-refractivity contribution in [1.82, 2.24) is 10.2 Å². The van der Waals surface area contributed by atoms with Gasteiger partial charge < -0.3 is 10.2 Å². The number of rotatable bonds is 2. The molecule has 0 bridgehead atoms. The number of amides is 2. The third-order valence-electron chi connectivity index (χ3n) is 3.97. The molecule has 0 saturated carbocycles. The molecule has 5 heteroatoms. The van der Waals surface area contributed by atoms with E-state index in [-0.39, 0.29) is 11.8 Å². The fourth-order valence-corrected chi connectivity index (χ4v) is 2.98. The highest BCUT2D eigenvalue weighted by Crippen LogP contribution is 2.31. The van der Waals surface area contributed by atoms with Crippen LogP contribution in [0.2, 0.25) is 0 Å². The molecule has 1 atom stereocenters. The van der Waals surface area contributed by atoms with Crippen molar-refractivity contribution < 1.29 is 9.59 Å². The molecule has 20 heavy (non-hydrogen) atoms. The Hall–Kier alpha value is -1.36. The molecule has 1 aliphatic rings. The van der Waals surface area contributed by atoms with Crippen LogP contribution in [0, 0.1) is 12.3 Å². The van der Waals surface area contributed by atoms with Crippen LogP contribution in [0.25, 0.3) is 0 Å². The van der Waals surface area contributed by atoms with E-state index in [9.17, 15) is 9.59 Å². The summed E-state index contributed by atoms with van der Waals surface area (Å²) >= 11 is 3.40. The van der Waals surface area contributed by atoms with E-state index in [0.29, 0.717) is 25.1 Å². The van der Waals surface area contributed by atoms with E-state index in [1.165, 1.54) is 0 Å². The molecule has 1 aliphatic heterocycles. The highest BCUT2D eigenvalue weighted by Gasteiger charge is 2.41. The molecule has 0 spiro atoms. The maximum Gasteiger partial charge on any atom is 0.254 e. The molecule has 1 unspecified atom stereocenters. The molecule has 4 nitrogen and oxygen atoms in total. The summed E-state index contributed by atoms with van der Waals surface area (Å²) in [5.41, 5.74) is 1.16. The second-order valence-electron chi connectivity index (χ2n) is 5.58. The highest BCUT2D eigenvalue weighted by molar-refractivity contribution is 9.10. The minimum atomic E-state index is -0.482. The van der Waals surface area contributed by atoms with Crippen LogP contribution in [0.4, 0.5) is 0 Å². The molecule has 1 N–H and O–H groups in total. The van der Waals surface area contributed by atoms with E-state index >= 15 is 0 Å². The number of nitrogens with zero attached hydrogens (tertiary/aromatic N) is 1. The number of aryl methyl sites for hydroxylation is 1. The SMILES string of the molecule is CNC(=O)C1(C)CCN(C(=O)c2cc(Br)ccc2C)C1. The normalized spacial score (nSPS) is 21.9. The fraction of sp³-hybridized carbons (Fsp3) is 0.467. The zero-order chi connectivity index (χ0) is 14.9.